The maximum Gasteiger partial charge on any atom is 0.255 e. The normalized spacial score (nSPS) is 20.5. The molecule has 1 aliphatic rings. The molecule has 0 radical (unpaired) electrons. The number of nitrogens with zero attached hydrogens (tertiary/aromatic N) is 1. The minimum absolute atomic E-state index is 0.0923. The average molecular weight is 571 g/mol. The van der Waals surface area contributed by atoms with E-state index in [1.54, 1.807) is 29.2 Å². The van der Waals surface area contributed by atoms with Crippen molar-refractivity contribution >= 4 is 40.5 Å². The van der Waals surface area contributed by atoms with Crippen LogP contribution in [0.2, 0.25) is 5.02 Å². The van der Waals surface area contributed by atoms with Crippen molar-refractivity contribution in [1.29, 1.82) is 0 Å². The van der Waals surface area contributed by atoms with Crippen LogP contribution in [-0.2, 0) is 4.79 Å². The number of nitrogens with one attached hydrogen (secondary N) is 1. The Morgan fingerprint density at radius 1 is 0.850 bits per heavy atom. The van der Waals surface area contributed by atoms with Gasteiger partial charge in [-0.25, -0.2) is 0 Å². The molecule has 1 fully saturated rings. The van der Waals surface area contributed by atoms with Gasteiger partial charge in [0, 0.05) is 22.5 Å². The summed E-state index contributed by atoms with van der Waals surface area (Å²) in [7, 11) is 0. The Bertz CT molecular complexity index is 1490. The first-order valence-electron chi connectivity index (χ1n) is 13.3. The minimum Gasteiger partial charge on any atom is -0.352 e. The van der Waals surface area contributed by atoms with Crippen molar-refractivity contribution in [2.45, 2.75) is 44.8 Å². The molecule has 4 unspecified atom stereocenters. The number of ketones is 1. The van der Waals surface area contributed by atoms with Gasteiger partial charge in [-0.15, -0.1) is 11.3 Å². The zero-order chi connectivity index (χ0) is 28.4. The van der Waals surface area contributed by atoms with Crippen molar-refractivity contribution in [3.63, 3.8) is 0 Å². The van der Waals surface area contributed by atoms with Crippen LogP contribution in [0, 0.1) is 12.8 Å². The van der Waals surface area contributed by atoms with Crippen molar-refractivity contribution < 1.29 is 14.4 Å². The number of rotatable bonds is 7. The lowest BCUT2D eigenvalue weighted by atomic mass is 9.77. The quantitative estimate of drug-likeness (QED) is 0.241. The summed E-state index contributed by atoms with van der Waals surface area (Å²) in [5.74, 6) is -1.99. The number of amides is 2. The lowest BCUT2D eigenvalue weighted by Gasteiger charge is -2.32. The summed E-state index contributed by atoms with van der Waals surface area (Å²) in [6, 6.07) is 26.0. The molecule has 1 aromatic heterocycles. The topological polar surface area (TPSA) is 66.5 Å². The van der Waals surface area contributed by atoms with Crippen LogP contribution in [-0.4, -0.2) is 34.6 Å². The molecule has 4 aromatic rings. The van der Waals surface area contributed by atoms with Crippen LogP contribution < -0.4 is 5.32 Å². The summed E-state index contributed by atoms with van der Waals surface area (Å²) in [6.45, 7) is 5.74. The molecular formula is C33H31ClN2O3S. The molecule has 0 saturated carbocycles. The van der Waals surface area contributed by atoms with E-state index >= 15 is 0 Å². The fraction of sp³-hybridized carbons (Fsp3) is 0.242. The number of halogens is 1. The predicted octanol–water partition coefficient (Wildman–Crippen LogP) is 7.08. The van der Waals surface area contributed by atoms with Gasteiger partial charge in [0.2, 0.25) is 5.91 Å². The van der Waals surface area contributed by atoms with Crippen LogP contribution in [0.25, 0.3) is 0 Å². The number of thiophene rings is 1. The zero-order valence-corrected chi connectivity index (χ0v) is 24.2. The summed E-state index contributed by atoms with van der Waals surface area (Å²) < 4.78 is 0. The van der Waals surface area contributed by atoms with Gasteiger partial charge in [-0.1, -0.05) is 77.8 Å². The van der Waals surface area contributed by atoms with Crippen LogP contribution in [0.3, 0.4) is 0 Å². The summed E-state index contributed by atoms with van der Waals surface area (Å²) in [5.41, 5.74) is 3.07. The molecule has 5 nitrogen and oxygen atoms in total. The largest absolute Gasteiger partial charge is 0.352 e. The zero-order valence-electron chi connectivity index (χ0n) is 22.6. The highest BCUT2D eigenvalue weighted by Gasteiger charge is 2.57. The maximum absolute atomic E-state index is 14.4. The molecule has 4 atom stereocenters. The first-order chi connectivity index (χ1) is 19.3. The molecule has 1 N–H and O–H groups in total. The molecule has 5 rings (SSSR count). The summed E-state index contributed by atoms with van der Waals surface area (Å²) in [4.78, 5) is 45.2. The predicted molar refractivity (Wildman–Crippen MR) is 160 cm³/mol. The first kappa shape index (κ1) is 27.8. The van der Waals surface area contributed by atoms with Gasteiger partial charge in [-0.3, -0.25) is 14.4 Å². The Kier molecular flexibility index (Phi) is 8.19. The molecule has 2 amide bonds. The van der Waals surface area contributed by atoms with Crippen LogP contribution in [0.4, 0.5) is 0 Å². The van der Waals surface area contributed by atoms with Gasteiger partial charge < -0.3 is 10.2 Å². The smallest absolute Gasteiger partial charge is 0.255 e. The second kappa shape index (κ2) is 11.8. The van der Waals surface area contributed by atoms with E-state index in [4.69, 9.17) is 11.6 Å². The van der Waals surface area contributed by atoms with Crippen molar-refractivity contribution in [3.05, 3.63) is 129 Å². The van der Waals surface area contributed by atoms with Gasteiger partial charge in [-0.2, -0.15) is 0 Å². The van der Waals surface area contributed by atoms with E-state index in [1.807, 2.05) is 92.9 Å². The van der Waals surface area contributed by atoms with E-state index in [9.17, 15) is 14.4 Å². The highest BCUT2D eigenvalue weighted by molar-refractivity contribution is 7.12. The van der Waals surface area contributed by atoms with E-state index < -0.39 is 23.9 Å². The summed E-state index contributed by atoms with van der Waals surface area (Å²) >= 11 is 7.62. The van der Waals surface area contributed by atoms with Crippen molar-refractivity contribution in [1.82, 2.24) is 10.2 Å². The minimum atomic E-state index is -0.934. The molecule has 0 spiro atoms. The number of hydrogen-bond acceptors (Lipinski definition) is 4. The van der Waals surface area contributed by atoms with Crippen LogP contribution in [0.15, 0.2) is 96.4 Å². The van der Waals surface area contributed by atoms with Gasteiger partial charge in [-0.05, 0) is 67.6 Å². The van der Waals surface area contributed by atoms with Crippen molar-refractivity contribution in [2.24, 2.45) is 5.92 Å². The second-order valence-electron chi connectivity index (χ2n) is 10.5. The Hall–Kier alpha value is -3.74. The lowest BCUT2D eigenvalue weighted by molar-refractivity contribution is -0.126. The fourth-order valence-corrected chi connectivity index (χ4v) is 6.49. The summed E-state index contributed by atoms with van der Waals surface area (Å²) in [6.07, 6.45) is 0. The number of Topliss-reactive ketones (excluding diaryl/α,β-unsaturated/α-hetero) is 1. The number of likely N-dealkylation sites (tertiary alicyclic amines) is 1. The Labute approximate surface area is 243 Å². The number of benzene rings is 3. The van der Waals surface area contributed by atoms with E-state index in [2.05, 4.69) is 5.32 Å². The third kappa shape index (κ3) is 5.47. The number of aryl methyl sites for hydroxylation is 1. The molecule has 204 valence electrons. The van der Waals surface area contributed by atoms with Gasteiger partial charge in [0.15, 0.2) is 5.78 Å². The monoisotopic (exact) mass is 570 g/mol. The molecule has 0 bridgehead atoms. The van der Waals surface area contributed by atoms with Crippen molar-refractivity contribution in [2.75, 3.05) is 0 Å². The molecule has 0 aliphatic carbocycles. The summed E-state index contributed by atoms with van der Waals surface area (Å²) in [5, 5.41) is 5.46. The van der Waals surface area contributed by atoms with E-state index in [-0.39, 0.29) is 23.6 Å². The van der Waals surface area contributed by atoms with Gasteiger partial charge in [0.25, 0.3) is 5.91 Å². The maximum atomic E-state index is 14.4. The molecule has 7 heteroatoms. The van der Waals surface area contributed by atoms with Gasteiger partial charge in [0.1, 0.15) is 6.04 Å². The van der Waals surface area contributed by atoms with E-state index in [1.165, 1.54) is 11.3 Å². The van der Waals surface area contributed by atoms with Crippen LogP contribution >= 0.6 is 22.9 Å². The average Bonchev–Trinajstić information content (AvgIpc) is 3.60. The SMILES string of the molecule is Cc1ccc(C(=O)N2C(C(=O)NC(C)C)C(c3ccc(Cl)cc3)C(C(=O)c3cccs3)C2c2ccccc2)cc1. The Balaban J connectivity index is 1.77. The highest BCUT2D eigenvalue weighted by atomic mass is 35.5. The molecule has 40 heavy (non-hydrogen) atoms. The standard InChI is InChI=1S/C33H31ClN2O3S/c1-20(2)35-32(38)30-27(22-15-17-25(34)18-16-22)28(31(37)26-10-7-19-40-26)29(23-8-5-4-6-9-23)36(30)33(39)24-13-11-21(3)12-14-24/h4-20,27-30H,1-3H3,(H,35,38). The third-order valence-corrected chi connectivity index (χ3v) is 8.50. The first-order valence-corrected chi connectivity index (χ1v) is 14.6. The highest BCUT2D eigenvalue weighted by Crippen LogP contribution is 2.52. The molecule has 3 aromatic carbocycles. The van der Waals surface area contributed by atoms with E-state index in [0.29, 0.717) is 15.5 Å². The lowest BCUT2D eigenvalue weighted by Crippen LogP contribution is -2.50. The Morgan fingerprint density at radius 2 is 1.52 bits per heavy atom. The Morgan fingerprint density at radius 3 is 2.12 bits per heavy atom. The molecule has 1 saturated heterocycles. The number of hydrogen-bond donors (Lipinski definition) is 1. The van der Waals surface area contributed by atoms with E-state index in [0.717, 1.165) is 16.7 Å². The molecular weight excluding hydrogens is 540 g/mol. The van der Waals surface area contributed by atoms with Gasteiger partial charge in [0.05, 0.1) is 16.8 Å². The van der Waals surface area contributed by atoms with Gasteiger partial charge >= 0.3 is 0 Å². The third-order valence-electron chi connectivity index (χ3n) is 7.36. The molecule has 1 aliphatic heterocycles. The van der Waals surface area contributed by atoms with Crippen LogP contribution in [0.1, 0.15) is 62.5 Å². The second-order valence-corrected chi connectivity index (χ2v) is 11.9. The number of carbonyl (C=O) groups is 3. The molecule has 2 heterocycles. The van der Waals surface area contributed by atoms with Crippen molar-refractivity contribution in [3.8, 4) is 0 Å². The van der Waals surface area contributed by atoms with Crippen LogP contribution in [0.5, 0.6) is 0 Å². The fourth-order valence-electron chi connectivity index (χ4n) is 5.65. The number of carbonyl (C=O) groups excluding carboxylic acids is 3.